The Bertz CT molecular complexity index is 1130. The summed E-state index contributed by atoms with van der Waals surface area (Å²) in [5.41, 5.74) is 2.16. The summed E-state index contributed by atoms with van der Waals surface area (Å²) in [7, 11) is -2.34. The number of hydrogen-bond acceptors (Lipinski definition) is 6. The summed E-state index contributed by atoms with van der Waals surface area (Å²) in [6.45, 7) is 7.18. The number of carbonyl (C=O) groups is 1. The fourth-order valence-corrected chi connectivity index (χ4v) is 5.05. The fraction of sp³-hybridized carbons (Fsp3) is 0.435. The number of ether oxygens (including phenoxy) is 1. The summed E-state index contributed by atoms with van der Waals surface area (Å²) in [4.78, 5) is 24.0. The van der Waals surface area contributed by atoms with Gasteiger partial charge in [-0.3, -0.25) is 19.2 Å². The van der Waals surface area contributed by atoms with Crippen molar-refractivity contribution < 1.29 is 22.9 Å². The number of nitrogens with one attached hydrogen (secondary N) is 1. The highest BCUT2D eigenvalue weighted by molar-refractivity contribution is 7.92. The van der Waals surface area contributed by atoms with E-state index in [9.17, 15) is 23.3 Å². The Morgan fingerprint density at radius 2 is 1.79 bits per heavy atom. The summed E-state index contributed by atoms with van der Waals surface area (Å²) in [5.74, 6) is 0.255. The van der Waals surface area contributed by atoms with E-state index in [-0.39, 0.29) is 23.8 Å². The number of carbonyl (C=O) groups excluding carboxylic acids is 1. The van der Waals surface area contributed by atoms with Crippen molar-refractivity contribution in [1.82, 2.24) is 5.32 Å². The first-order valence-corrected chi connectivity index (χ1v) is 12.5. The maximum Gasteiger partial charge on any atom is 0.271 e. The third kappa shape index (κ3) is 6.01. The van der Waals surface area contributed by atoms with Gasteiger partial charge in [0.05, 0.1) is 30.0 Å². The number of hydrogen-bond donors (Lipinski definition) is 1. The van der Waals surface area contributed by atoms with Crippen LogP contribution in [-0.2, 0) is 14.8 Å². The lowest BCUT2D eigenvalue weighted by Gasteiger charge is -2.32. The molecule has 180 valence electrons. The van der Waals surface area contributed by atoms with Crippen LogP contribution in [0.4, 0.5) is 11.4 Å². The molecule has 33 heavy (non-hydrogen) atoms. The summed E-state index contributed by atoms with van der Waals surface area (Å²) < 4.78 is 31.8. The normalized spacial score (nSPS) is 13.2. The molecule has 0 radical (unpaired) electrons. The van der Waals surface area contributed by atoms with Crippen LogP contribution in [0.5, 0.6) is 5.75 Å². The average Bonchev–Trinajstić information content (AvgIpc) is 2.75. The van der Waals surface area contributed by atoms with E-state index in [0.717, 1.165) is 27.4 Å². The van der Waals surface area contributed by atoms with Gasteiger partial charge in [0.2, 0.25) is 15.9 Å². The van der Waals surface area contributed by atoms with E-state index in [4.69, 9.17) is 4.74 Å². The van der Waals surface area contributed by atoms with Crippen molar-refractivity contribution in [2.24, 2.45) is 0 Å². The molecule has 0 saturated heterocycles. The summed E-state index contributed by atoms with van der Waals surface area (Å²) in [6, 6.07) is 8.17. The Labute approximate surface area is 195 Å². The molecule has 0 saturated carbocycles. The Hall–Kier alpha value is -3.14. The molecule has 0 spiro atoms. The van der Waals surface area contributed by atoms with Gasteiger partial charge < -0.3 is 10.1 Å². The van der Waals surface area contributed by atoms with Crippen molar-refractivity contribution in [3.63, 3.8) is 0 Å². The Balaban J connectivity index is 2.46. The third-order valence-electron chi connectivity index (χ3n) is 5.52. The molecule has 2 atom stereocenters. The second-order valence-corrected chi connectivity index (χ2v) is 9.77. The van der Waals surface area contributed by atoms with Gasteiger partial charge in [0.15, 0.2) is 0 Å². The summed E-state index contributed by atoms with van der Waals surface area (Å²) >= 11 is 0. The minimum Gasteiger partial charge on any atom is -0.496 e. The first-order valence-electron chi connectivity index (χ1n) is 10.6. The van der Waals surface area contributed by atoms with Gasteiger partial charge in [-0.25, -0.2) is 8.42 Å². The van der Waals surface area contributed by atoms with E-state index in [1.807, 2.05) is 32.0 Å². The summed E-state index contributed by atoms with van der Waals surface area (Å²) in [5, 5.41) is 14.2. The lowest BCUT2D eigenvalue weighted by Crippen LogP contribution is -2.50. The van der Waals surface area contributed by atoms with Gasteiger partial charge in [0.1, 0.15) is 11.8 Å². The van der Waals surface area contributed by atoms with Crippen LogP contribution < -0.4 is 14.4 Å². The zero-order chi connectivity index (χ0) is 24.9. The van der Waals surface area contributed by atoms with Gasteiger partial charge >= 0.3 is 0 Å². The van der Waals surface area contributed by atoms with Crippen LogP contribution in [-0.4, -0.2) is 38.7 Å². The molecule has 0 aromatic heterocycles. The van der Waals surface area contributed by atoms with Gasteiger partial charge in [0, 0.05) is 12.1 Å². The van der Waals surface area contributed by atoms with E-state index in [1.165, 1.54) is 18.2 Å². The van der Waals surface area contributed by atoms with Crippen LogP contribution in [0.25, 0.3) is 0 Å². The first-order chi connectivity index (χ1) is 15.4. The van der Waals surface area contributed by atoms with E-state index >= 15 is 0 Å². The zero-order valence-corrected chi connectivity index (χ0v) is 20.6. The number of amides is 1. The van der Waals surface area contributed by atoms with Gasteiger partial charge in [-0.1, -0.05) is 32.0 Å². The van der Waals surface area contributed by atoms with Crippen molar-refractivity contribution in [1.29, 1.82) is 0 Å². The molecule has 9 nitrogen and oxygen atoms in total. The zero-order valence-electron chi connectivity index (χ0n) is 19.8. The molecule has 0 fully saturated rings. The standard InChI is InChI=1S/C23H31N3O6S/c1-7-19(17-10-12-22(32-5)16(4)13-17)24-23(27)20(8-2)25(33(6,30)31)21-14-18(26(28)29)11-9-15(21)3/h9-14,19-20H,7-8H2,1-6H3,(H,24,27)/t19-,20-/m0/s1. The van der Waals surface area contributed by atoms with Gasteiger partial charge in [-0.2, -0.15) is 0 Å². The largest absolute Gasteiger partial charge is 0.496 e. The molecule has 1 N–H and O–H groups in total. The molecule has 0 bridgehead atoms. The van der Waals surface area contributed by atoms with Gasteiger partial charge in [-0.05, 0) is 49.4 Å². The quantitative estimate of drug-likeness (QED) is 0.408. The van der Waals surface area contributed by atoms with E-state index in [1.54, 1.807) is 21.0 Å². The maximum absolute atomic E-state index is 13.3. The topological polar surface area (TPSA) is 119 Å². The minimum atomic E-state index is -3.93. The van der Waals surface area contributed by atoms with Gasteiger partial charge in [-0.15, -0.1) is 0 Å². The second-order valence-electron chi connectivity index (χ2n) is 7.91. The Morgan fingerprint density at radius 3 is 2.27 bits per heavy atom. The summed E-state index contributed by atoms with van der Waals surface area (Å²) in [6.07, 6.45) is 1.76. The highest BCUT2D eigenvalue weighted by Crippen LogP contribution is 2.31. The number of rotatable bonds is 10. The monoisotopic (exact) mass is 477 g/mol. The van der Waals surface area contributed by atoms with Crippen LogP contribution in [0.15, 0.2) is 36.4 Å². The molecule has 10 heteroatoms. The van der Waals surface area contributed by atoms with Crippen molar-refractivity contribution in [3.05, 3.63) is 63.2 Å². The maximum atomic E-state index is 13.3. The highest BCUT2D eigenvalue weighted by Gasteiger charge is 2.34. The Morgan fingerprint density at radius 1 is 1.12 bits per heavy atom. The van der Waals surface area contributed by atoms with E-state index < -0.39 is 26.9 Å². The number of anilines is 1. The SMILES string of the molecule is CC[C@H](NC(=O)[C@H](CC)N(c1cc([N+](=O)[O-])ccc1C)S(C)(=O)=O)c1ccc(OC)c(C)c1. The number of nitrogens with zero attached hydrogens (tertiary/aromatic N) is 2. The molecule has 2 rings (SSSR count). The van der Waals surface area contributed by atoms with Crippen LogP contribution in [0, 0.1) is 24.0 Å². The third-order valence-corrected chi connectivity index (χ3v) is 6.68. The molecular weight excluding hydrogens is 446 g/mol. The van der Waals surface area contributed by atoms with Crippen molar-refractivity contribution in [2.75, 3.05) is 17.7 Å². The smallest absolute Gasteiger partial charge is 0.271 e. The van der Waals surface area contributed by atoms with E-state index in [0.29, 0.717) is 12.0 Å². The van der Waals surface area contributed by atoms with Crippen LogP contribution in [0.3, 0.4) is 0 Å². The number of aryl methyl sites for hydroxylation is 2. The van der Waals surface area contributed by atoms with Crippen LogP contribution in [0.2, 0.25) is 0 Å². The molecule has 0 heterocycles. The average molecular weight is 478 g/mol. The van der Waals surface area contributed by atoms with E-state index in [2.05, 4.69) is 5.32 Å². The molecule has 2 aromatic carbocycles. The Kier molecular flexibility index (Phi) is 8.43. The molecular formula is C23H31N3O6S. The lowest BCUT2D eigenvalue weighted by atomic mass is 10.0. The van der Waals surface area contributed by atoms with Crippen molar-refractivity contribution in [2.45, 2.75) is 52.6 Å². The first kappa shape index (κ1) is 26.1. The second kappa shape index (κ2) is 10.7. The number of nitro groups is 1. The predicted octanol–water partition coefficient (Wildman–Crippen LogP) is 4.03. The number of methoxy groups -OCH3 is 1. The molecule has 2 aromatic rings. The van der Waals surface area contributed by atoms with Gasteiger partial charge in [0.25, 0.3) is 5.69 Å². The molecule has 0 aliphatic heterocycles. The van der Waals surface area contributed by atoms with Crippen LogP contribution >= 0.6 is 0 Å². The molecule has 1 amide bonds. The number of nitro benzene ring substituents is 1. The molecule has 0 aliphatic carbocycles. The van der Waals surface area contributed by atoms with Crippen molar-refractivity contribution in [3.8, 4) is 5.75 Å². The minimum absolute atomic E-state index is 0.113. The van der Waals surface area contributed by atoms with Crippen LogP contribution in [0.1, 0.15) is 49.4 Å². The number of benzene rings is 2. The lowest BCUT2D eigenvalue weighted by molar-refractivity contribution is -0.384. The number of non-ortho nitro benzene ring substituents is 1. The molecule has 0 unspecified atom stereocenters. The predicted molar refractivity (Wildman–Crippen MR) is 128 cm³/mol. The fourth-order valence-electron chi connectivity index (χ4n) is 3.79. The highest BCUT2D eigenvalue weighted by atomic mass is 32.2. The van der Waals surface area contributed by atoms with Crippen molar-refractivity contribution >= 4 is 27.3 Å². The number of sulfonamides is 1. The molecule has 0 aliphatic rings.